The second-order valence-corrected chi connectivity index (χ2v) is 8.11. The summed E-state index contributed by atoms with van der Waals surface area (Å²) in [5, 5.41) is 19.8. The standard InChI is InChI=1S/C23H18FN3O4S/c1-3-12-31-17-10-6-14(7-11-17)19-18(20(28)15-4-8-16(24)9-5-15)21(29)22(30)27(19)23-26-25-13(2)32-23/h3-11,19,28H,1,12H2,2H3/t19-/m0/s1. The molecule has 1 amide bonds. The minimum atomic E-state index is -0.944. The molecular weight excluding hydrogens is 433 g/mol. The van der Waals surface area contributed by atoms with Crippen LogP contribution in [0.3, 0.4) is 0 Å². The van der Waals surface area contributed by atoms with Gasteiger partial charge in [0.1, 0.15) is 28.9 Å². The molecule has 9 heteroatoms. The topological polar surface area (TPSA) is 92.6 Å². The van der Waals surface area contributed by atoms with Gasteiger partial charge >= 0.3 is 5.91 Å². The van der Waals surface area contributed by atoms with Crippen molar-refractivity contribution >= 4 is 33.9 Å². The third-order valence-corrected chi connectivity index (χ3v) is 5.69. The average Bonchev–Trinajstić information content (AvgIpc) is 3.33. The number of halogens is 1. The van der Waals surface area contributed by atoms with Gasteiger partial charge in [-0.2, -0.15) is 0 Å². The van der Waals surface area contributed by atoms with Gasteiger partial charge in [0.15, 0.2) is 0 Å². The van der Waals surface area contributed by atoms with Crippen molar-refractivity contribution in [2.45, 2.75) is 13.0 Å². The summed E-state index contributed by atoms with van der Waals surface area (Å²) >= 11 is 1.16. The van der Waals surface area contributed by atoms with Gasteiger partial charge in [-0.1, -0.05) is 36.1 Å². The number of amides is 1. The monoisotopic (exact) mass is 451 g/mol. The molecule has 2 heterocycles. The molecule has 1 aromatic heterocycles. The molecule has 1 aliphatic heterocycles. The van der Waals surface area contributed by atoms with Gasteiger partial charge in [-0.3, -0.25) is 14.5 Å². The Morgan fingerprint density at radius 2 is 1.88 bits per heavy atom. The van der Waals surface area contributed by atoms with Crippen LogP contribution in [0.1, 0.15) is 22.2 Å². The molecular formula is C23H18FN3O4S. The number of anilines is 1. The number of aromatic nitrogens is 2. The van der Waals surface area contributed by atoms with Crippen LogP contribution in [0.4, 0.5) is 9.52 Å². The van der Waals surface area contributed by atoms with Gasteiger partial charge in [-0.15, -0.1) is 10.2 Å². The van der Waals surface area contributed by atoms with E-state index in [-0.39, 0.29) is 16.3 Å². The number of aliphatic hydroxyl groups is 1. The van der Waals surface area contributed by atoms with Crippen molar-refractivity contribution in [1.82, 2.24) is 10.2 Å². The van der Waals surface area contributed by atoms with Gasteiger partial charge in [-0.25, -0.2) is 4.39 Å². The van der Waals surface area contributed by atoms with E-state index in [1.807, 2.05) is 0 Å². The van der Waals surface area contributed by atoms with Crippen molar-refractivity contribution in [3.8, 4) is 5.75 Å². The highest BCUT2D eigenvalue weighted by Gasteiger charge is 2.48. The Kier molecular flexibility index (Phi) is 5.83. The minimum Gasteiger partial charge on any atom is -0.507 e. The Labute approximate surface area is 187 Å². The van der Waals surface area contributed by atoms with Crippen LogP contribution < -0.4 is 9.64 Å². The van der Waals surface area contributed by atoms with Crippen molar-refractivity contribution in [3.05, 3.63) is 88.7 Å². The number of ketones is 1. The first kappa shape index (κ1) is 21.4. The fourth-order valence-corrected chi connectivity index (χ4v) is 4.11. The lowest BCUT2D eigenvalue weighted by Crippen LogP contribution is -2.29. The number of Topliss-reactive ketones (excluding diaryl/α,β-unsaturated/α-hetero) is 1. The summed E-state index contributed by atoms with van der Waals surface area (Å²) in [6.07, 6.45) is 1.61. The maximum absolute atomic E-state index is 13.4. The van der Waals surface area contributed by atoms with Crippen LogP contribution >= 0.6 is 11.3 Å². The normalized spacial score (nSPS) is 17.6. The summed E-state index contributed by atoms with van der Waals surface area (Å²) in [6, 6.07) is 10.9. The van der Waals surface area contributed by atoms with Crippen molar-refractivity contribution in [2.75, 3.05) is 11.5 Å². The number of carbonyl (C=O) groups is 2. The number of hydrogen-bond donors (Lipinski definition) is 1. The van der Waals surface area contributed by atoms with E-state index in [0.717, 1.165) is 11.3 Å². The van der Waals surface area contributed by atoms with E-state index in [0.29, 0.717) is 22.9 Å². The number of carbonyl (C=O) groups excluding carboxylic acids is 2. The molecule has 2 aromatic carbocycles. The smallest absolute Gasteiger partial charge is 0.301 e. The second kappa shape index (κ2) is 8.72. The van der Waals surface area contributed by atoms with E-state index in [4.69, 9.17) is 4.74 Å². The highest BCUT2D eigenvalue weighted by molar-refractivity contribution is 7.15. The molecule has 32 heavy (non-hydrogen) atoms. The number of nitrogens with zero attached hydrogens (tertiary/aromatic N) is 3. The molecule has 0 spiro atoms. The van der Waals surface area contributed by atoms with Crippen LogP contribution in [-0.2, 0) is 9.59 Å². The number of hydrogen-bond acceptors (Lipinski definition) is 7. The van der Waals surface area contributed by atoms with E-state index in [9.17, 15) is 19.1 Å². The van der Waals surface area contributed by atoms with Crippen LogP contribution in [0.25, 0.3) is 5.76 Å². The van der Waals surface area contributed by atoms with Crippen molar-refractivity contribution in [1.29, 1.82) is 0 Å². The van der Waals surface area contributed by atoms with Gasteiger partial charge in [0, 0.05) is 5.56 Å². The lowest BCUT2D eigenvalue weighted by Gasteiger charge is -2.22. The van der Waals surface area contributed by atoms with Crippen molar-refractivity contribution in [2.24, 2.45) is 0 Å². The first-order chi connectivity index (χ1) is 15.4. The van der Waals surface area contributed by atoms with Crippen molar-refractivity contribution < 1.29 is 23.8 Å². The fourth-order valence-electron chi connectivity index (χ4n) is 3.39. The molecule has 1 N–H and O–H groups in total. The number of aryl methyl sites for hydroxylation is 1. The Hall–Kier alpha value is -3.85. The maximum atomic E-state index is 13.4. The number of rotatable bonds is 6. The predicted octanol–water partition coefficient (Wildman–Crippen LogP) is 4.18. The Morgan fingerprint density at radius 3 is 2.47 bits per heavy atom. The van der Waals surface area contributed by atoms with Gasteiger partial charge in [-0.05, 0) is 48.9 Å². The zero-order valence-corrected chi connectivity index (χ0v) is 17.8. The fraction of sp³-hybridized carbons (Fsp3) is 0.130. The van der Waals surface area contributed by atoms with Gasteiger partial charge in [0.2, 0.25) is 5.13 Å². The molecule has 0 unspecified atom stereocenters. The zero-order chi connectivity index (χ0) is 22.8. The van der Waals surface area contributed by atoms with Crippen LogP contribution in [0.2, 0.25) is 0 Å². The maximum Gasteiger partial charge on any atom is 0.301 e. The highest BCUT2D eigenvalue weighted by Crippen LogP contribution is 2.43. The molecule has 1 aliphatic rings. The Bertz CT molecular complexity index is 1220. The molecule has 0 saturated carbocycles. The minimum absolute atomic E-state index is 0.116. The molecule has 3 aromatic rings. The largest absolute Gasteiger partial charge is 0.507 e. The summed E-state index contributed by atoms with van der Waals surface area (Å²) in [5.74, 6) is -2.00. The predicted molar refractivity (Wildman–Crippen MR) is 118 cm³/mol. The summed E-state index contributed by atoms with van der Waals surface area (Å²) in [7, 11) is 0. The SMILES string of the molecule is C=CCOc1ccc([C@H]2C(=C(O)c3ccc(F)cc3)C(=O)C(=O)N2c2nnc(C)s2)cc1. The summed E-state index contributed by atoms with van der Waals surface area (Å²) < 4.78 is 18.9. The van der Waals surface area contributed by atoms with E-state index in [2.05, 4.69) is 16.8 Å². The van der Waals surface area contributed by atoms with E-state index < -0.39 is 29.3 Å². The van der Waals surface area contributed by atoms with Gasteiger partial charge in [0.25, 0.3) is 5.78 Å². The summed E-state index contributed by atoms with van der Waals surface area (Å²) in [4.78, 5) is 27.2. The molecule has 0 bridgehead atoms. The van der Waals surface area contributed by atoms with Crippen LogP contribution in [0, 0.1) is 12.7 Å². The third-order valence-electron chi connectivity index (χ3n) is 4.85. The first-order valence-electron chi connectivity index (χ1n) is 9.61. The van der Waals surface area contributed by atoms with Gasteiger partial charge in [0.05, 0.1) is 11.6 Å². The molecule has 0 radical (unpaired) electrons. The second-order valence-electron chi connectivity index (χ2n) is 6.95. The number of aliphatic hydroxyl groups excluding tert-OH is 1. The lowest BCUT2D eigenvalue weighted by molar-refractivity contribution is -0.132. The summed E-state index contributed by atoms with van der Waals surface area (Å²) in [6.45, 7) is 5.67. The molecule has 0 aliphatic carbocycles. The van der Waals surface area contributed by atoms with Gasteiger partial charge < -0.3 is 9.84 Å². The molecule has 4 rings (SSSR count). The van der Waals surface area contributed by atoms with Crippen LogP contribution in [-0.4, -0.2) is 33.6 Å². The number of ether oxygens (including phenoxy) is 1. The lowest BCUT2D eigenvalue weighted by atomic mass is 9.95. The Morgan fingerprint density at radius 1 is 1.19 bits per heavy atom. The van der Waals surface area contributed by atoms with E-state index in [1.165, 1.54) is 29.2 Å². The summed E-state index contributed by atoms with van der Waals surface area (Å²) in [5.41, 5.74) is 0.662. The zero-order valence-electron chi connectivity index (χ0n) is 17.0. The molecule has 7 nitrogen and oxygen atoms in total. The first-order valence-corrected chi connectivity index (χ1v) is 10.4. The van der Waals surface area contributed by atoms with Crippen LogP contribution in [0.15, 0.2) is 66.8 Å². The number of benzene rings is 2. The molecule has 1 atom stereocenters. The van der Waals surface area contributed by atoms with E-state index in [1.54, 1.807) is 37.3 Å². The molecule has 162 valence electrons. The molecule has 1 saturated heterocycles. The average molecular weight is 451 g/mol. The van der Waals surface area contributed by atoms with E-state index >= 15 is 0 Å². The third kappa shape index (κ3) is 3.90. The highest BCUT2D eigenvalue weighted by atomic mass is 32.1. The van der Waals surface area contributed by atoms with Crippen LogP contribution in [0.5, 0.6) is 5.75 Å². The van der Waals surface area contributed by atoms with Crippen molar-refractivity contribution in [3.63, 3.8) is 0 Å². The Balaban J connectivity index is 1.86. The molecule has 1 fully saturated rings. The quantitative estimate of drug-likeness (QED) is 0.262.